The minimum absolute atomic E-state index is 0.0342. The predicted molar refractivity (Wildman–Crippen MR) is 259 cm³/mol. The van der Waals surface area contributed by atoms with Crippen molar-refractivity contribution in [1.82, 2.24) is 0 Å². The van der Waals surface area contributed by atoms with E-state index < -0.39 is 112 Å². The van der Waals surface area contributed by atoms with Crippen LogP contribution in [-0.2, 0) is 37.5 Å². The average molecular weight is 983 g/mol. The first-order valence-electron chi connectivity index (χ1n) is 24.8. The number of carbonyl (C=O) groups excluding carboxylic acids is 3. The van der Waals surface area contributed by atoms with E-state index in [9.17, 15) is 59.6 Å². The van der Waals surface area contributed by atoms with Crippen LogP contribution in [0, 0.1) is 11.8 Å². The summed E-state index contributed by atoms with van der Waals surface area (Å²) in [5.41, 5.74) is 0. The van der Waals surface area contributed by atoms with Gasteiger partial charge >= 0.3 is 19.8 Å². The molecule has 8 N–H and O–H groups in total. The second-order valence-corrected chi connectivity index (χ2v) is 19.1. The standard InChI is InChI=1S/C51H83O16P/c1-3-5-7-8-9-10-11-12-13-14-15-16-17-18-19-20-21-22-27-31-44(55)64-36-39-37-65-68(62,63)67-51-49(60)47(58)41(34-33-38(52)29-25-6-4-2)43(54)35-42(53)40(46(57)48(59)50(51)61)30-26-23-24-28-32-45(56)66-39/h5,7,9-10,12-13,15-16,18-19,33-34,38-41,43,46-52,54,57-61H,3-4,6,8,11,14,17,20-32,35-37H2,1-2H3,(H,62,63)/b7-5-,10-9-,13-12-,16-15-,19-18-,34-33+/t38-,39+,40-,41-,43+,46+,47+,48-,49+,50+,51+/m0/s1. The molecule has 0 aromatic carbocycles. The van der Waals surface area contributed by atoms with Crippen LogP contribution in [0.2, 0.25) is 0 Å². The van der Waals surface area contributed by atoms with Gasteiger partial charge in [-0.15, -0.1) is 0 Å². The molecule has 2 aliphatic rings. The van der Waals surface area contributed by atoms with Gasteiger partial charge in [-0.1, -0.05) is 132 Å². The van der Waals surface area contributed by atoms with Gasteiger partial charge in [0.25, 0.3) is 0 Å². The Morgan fingerprint density at radius 2 is 1.37 bits per heavy atom. The Morgan fingerprint density at radius 3 is 2.01 bits per heavy atom. The van der Waals surface area contributed by atoms with Crippen molar-refractivity contribution in [2.24, 2.45) is 11.8 Å². The highest BCUT2D eigenvalue weighted by Gasteiger charge is 2.49. The number of hydrogen-bond donors (Lipinski definition) is 8. The van der Waals surface area contributed by atoms with E-state index in [2.05, 4.69) is 67.7 Å². The number of fused-ring (bicyclic) bond motifs is 4. The SMILES string of the molecule is CC/C=C\C/C=C\C/C=C\C/C=C\C/C=C\CCCCCC(=O)OC[C@@H]1COP(=O)(O)O[C@H]2[C@H](O)[C@@H](O)[C@H](O)[C@@H](CCCCCCC(=O)O1)C(=O)C[C@@H](O)[C@H](/C=C/[C@@H](O)CCCCC)[C@@H](O)[C@H]2O. The fourth-order valence-corrected chi connectivity index (χ4v) is 8.84. The number of rotatable bonds is 23. The first kappa shape index (κ1) is 61.0. The summed E-state index contributed by atoms with van der Waals surface area (Å²) in [4.78, 5) is 50.1. The summed E-state index contributed by atoms with van der Waals surface area (Å²) in [6.07, 6.45) is 17.4. The van der Waals surface area contributed by atoms with Crippen molar-refractivity contribution >= 4 is 25.5 Å². The molecule has 0 aromatic heterocycles. The minimum atomic E-state index is -5.46. The van der Waals surface area contributed by atoms with Crippen LogP contribution in [0.15, 0.2) is 72.9 Å². The molecular formula is C51H83O16P. The number of aliphatic hydroxyl groups excluding tert-OH is 7. The quantitative estimate of drug-likeness (QED) is 0.0225. The normalized spacial score (nSPS) is 30.7. The molecule has 1 saturated carbocycles. The van der Waals surface area contributed by atoms with Crippen molar-refractivity contribution in [1.29, 1.82) is 0 Å². The van der Waals surface area contributed by atoms with E-state index in [4.69, 9.17) is 18.5 Å². The molecule has 17 heteroatoms. The lowest BCUT2D eigenvalue weighted by Gasteiger charge is -2.36. The maximum Gasteiger partial charge on any atom is 0.472 e. The molecule has 1 heterocycles. The Bertz CT molecular complexity index is 1640. The van der Waals surface area contributed by atoms with Gasteiger partial charge in [-0.25, -0.2) is 4.57 Å². The molecule has 2 fully saturated rings. The Labute approximate surface area is 404 Å². The predicted octanol–water partition coefficient (Wildman–Crippen LogP) is 6.87. The Balaban J connectivity index is 2.08. The third-order valence-corrected chi connectivity index (χ3v) is 12.9. The molecule has 2 rings (SSSR count). The fraction of sp³-hybridized carbons (Fsp3) is 0.706. The zero-order valence-corrected chi connectivity index (χ0v) is 41.2. The van der Waals surface area contributed by atoms with Gasteiger partial charge in [0.05, 0.1) is 31.0 Å². The number of aliphatic hydroxyl groups is 7. The highest BCUT2D eigenvalue weighted by atomic mass is 31.2. The summed E-state index contributed by atoms with van der Waals surface area (Å²) in [6, 6.07) is 0. The number of allylic oxidation sites excluding steroid dienone is 10. The van der Waals surface area contributed by atoms with Crippen molar-refractivity contribution in [2.75, 3.05) is 13.2 Å². The van der Waals surface area contributed by atoms with Crippen LogP contribution >= 0.6 is 7.82 Å². The maximum absolute atomic E-state index is 13.6. The Kier molecular flexibility index (Phi) is 32.2. The summed E-state index contributed by atoms with van der Waals surface area (Å²) in [5.74, 6) is -4.92. The summed E-state index contributed by atoms with van der Waals surface area (Å²) in [7, 11) is -5.46. The Hall–Kier alpha value is -3.12. The van der Waals surface area contributed by atoms with Crippen LogP contribution in [0.1, 0.15) is 149 Å². The number of ether oxygens (including phenoxy) is 2. The zero-order valence-electron chi connectivity index (χ0n) is 40.3. The van der Waals surface area contributed by atoms with Gasteiger partial charge in [0.1, 0.15) is 36.8 Å². The van der Waals surface area contributed by atoms with E-state index >= 15 is 0 Å². The molecule has 1 aliphatic carbocycles. The number of cyclic esters (lactones) is 1. The second kappa shape index (κ2) is 35.9. The second-order valence-electron chi connectivity index (χ2n) is 17.7. The number of esters is 2. The Morgan fingerprint density at radius 1 is 0.750 bits per heavy atom. The summed E-state index contributed by atoms with van der Waals surface area (Å²) >= 11 is 0. The van der Waals surface area contributed by atoms with Crippen molar-refractivity contribution in [3.63, 3.8) is 0 Å². The smallest absolute Gasteiger partial charge is 0.462 e. The number of phosphoric acid groups is 1. The van der Waals surface area contributed by atoms with Gasteiger partial charge in [0.15, 0.2) is 6.10 Å². The third kappa shape index (κ3) is 25.7. The van der Waals surface area contributed by atoms with Crippen molar-refractivity contribution < 1.29 is 78.1 Å². The number of unbranched alkanes of at least 4 members (excludes halogenated alkanes) is 5. The van der Waals surface area contributed by atoms with Gasteiger partial charge in [-0.3, -0.25) is 23.4 Å². The van der Waals surface area contributed by atoms with E-state index in [1.807, 2.05) is 6.92 Å². The van der Waals surface area contributed by atoms with E-state index in [1.165, 1.54) is 12.2 Å². The molecular weight excluding hydrogens is 900 g/mol. The molecule has 68 heavy (non-hydrogen) atoms. The highest BCUT2D eigenvalue weighted by Crippen LogP contribution is 2.47. The van der Waals surface area contributed by atoms with Crippen LogP contribution in [0.25, 0.3) is 0 Å². The van der Waals surface area contributed by atoms with Gasteiger partial charge in [-0.2, -0.15) is 0 Å². The zero-order chi connectivity index (χ0) is 50.2. The van der Waals surface area contributed by atoms with Crippen LogP contribution in [0.4, 0.5) is 0 Å². The molecule has 388 valence electrons. The van der Waals surface area contributed by atoms with E-state index in [1.54, 1.807) is 0 Å². The van der Waals surface area contributed by atoms with Gasteiger partial charge in [0, 0.05) is 31.1 Å². The lowest BCUT2D eigenvalue weighted by molar-refractivity contribution is -0.166. The minimum Gasteiger partial charge on any atom is -0.462 e. The van der Waals surface area contributed by atoms with E-state index in [0.29, 0.717) is 44.9 Å². The molecule has 2 bridgehead atoms. The van der Waals surface area contributed by atoms with Crippen LogP contribution < -0.4 is 0 Å². The number of carbonyl (C=O) groups is 3. The topological polar surface area (TPSA) is 267 Å². The lowest BCUT2D eigenvalue weighted by Crippen LogP contribution is -2.55. The molecule has 16 nitrogen and oxygen atoms in total. The molecule has 0 spiro atoms. The van der Waals surface area contributed by atoms with Crippen LogP contribution in [0.3, 0.4) is 0 Å². The molecule has 1 saturated heterocycles. The monoisotopic (exact) mass is 983 g/mol. The van der Waals surface area contributed by atoms with Crippen LogP contribution in [-0.4, -0.2) is 127 Å². The number of ketones is 1. The number of Topliss-reactive ketones (excluding diaryl/α,β-unsaturated/α-hetero) is 1. The highest BCUT2D eigenvalue weighted by molar-refractivity contribution is 7.47. The summed E-state index contributed by atoms with van der Waals surface area (Å²) in [5, 5.41) is 78.6. The first-order chi connectivity index (χ1) is 32.6. The summed E-state index contributed by atoms with van der Waals surface area (Å²) < 4.78 is 34.7. The lowest BCUT2D eigenvalue weighted by atomic mass is 9.83. The fourth-order valence-electron chi connectivity index (χ4n) is 7.87. The van der Waals surface area contributed by atoms with Gasteiger partial charge in [-0.05, 0) is 70.6 Å². The van der Waals surface area contributed by atoms with Gasteiger partial charge < -0.3 is 50.1 Å². The number of phosphoric ester groups is 1. The van der Waals surface area contributed by atoms with Gasteiger partial charge in [0.2, 0.25) is 0 Å². The molecule has 12 atom stereocenters. The average Bonchev–Trinajstić information content (AvgIpc) is 3.31. The molecule has 0 amide bonds. The van der Waals surface area contributed by atoms with Crippen LogP contribution in [0.5, 0.6) is 0 Å². The van der Waals surface area contributed by atoms with Crippen molar-refractivity contribution in [3.8, 4) is 0 Å². The maximum atomic E-state index is 13.6. The first-order valence-corrected chi connectivity index (χ1v) is 26.3. The summed E-state index contributed by atoms with van der Waals surface area (Å²) in [6.45, 7) is 2.69. The largest absolute Gasteiger partial charge is 0.472 e. The molecule has 1 unspecified atom stereocenters. The molecule has 1 aliphatic heterocycles. The van der Waals surface area contributed by atoms with E-state index in [-0.39, 0.29) is 19.3 Å². The number of hydrogen-bond acceptors (Lipinski definition) is 15. The molecule has 0 aromatic rings. The van der Waals surface area contributed by atoms with Crippen molar-refractivity contribution in [2.45, 2.75) is 204 Å². The van der Waals surface area contributed by atoms with Crippen molar-refractivity contribution in [3.05, 3.63) is 72.9 Å². The molecule has 0 radical (unpaired) electrons. The van der Waals surface area contributed by atoms with E-state index in [0.717, 1.165) is 64.2 Å². The third-order valence-electron chi connectivity index (χ3n) is 11.9.